The lowest BCUT2D eigenvalue weighted by molar-refractivity contribution is -0.122. The maximum absolute atomic E-state index is 13.7. The van der Waals surface area contributed by atoms with E-state index in [0.717, 1.165) is 47.3 Å². The minimum Gasteiger partial charge on any atom is -0.493 e. The van der Waals surface area contributed by atoms with Crippen molar-refractivity contribution in [3.63, 3.8) is 0 Å². The van der Waals surface area contributed by atoms with Gasteiger partial charge in [-0.1, -0.05) is 73.2 Å². The number of rotatable bonds is 9. The molecule has 0 saturated carbocycles. The number of likely N-dealkylation sites (tertiary alicyclic amines) is 1. The van der Waals surface area contributed by atoms with Crippen molar-refractivity contribution in [2.45, 2.75) is 50.7 Å². The van der Waals surface area contributed by atoms with Crippen molar-refractivity contribution in [1.82, 2.24) is 10.2 Å². The number of fused-ring (bicyclic) bond motifs is 2. The van der Waals surface area contributed by atoms with Crippen LogP contribution in [0.5, 0.6) is 5.75 Å². The number of benzene rings is 4. The van der Waals surface area contributed by atoms with Gasteiger partial charge in [-0.25, -0.2) is 4.21 Å². The van der Waals surface area contributed by atoms with E-state index in [1.54, 1.807) is 0 Å². The molecule has 1 amide bonds. The number of ether oxygens (including phenoxy) is 1. The van der Waals surface area contributed by atoms with Crippen LogP contribution >= 0.6 is 0 Å². The largest absolute Gasteiger partial charge is 0.493 e. The van der Waals surface area contributed by atoms with Gasteiger partial charge in [0.15, 0.2) is 0 Å². The average Bonchev–Trinajstić information content (AvgIpc) is 3.02. The van der Waals surface area contributed by atoms with Gasteiger partial charge in [-0.2, -0.15) is 0 Å². The third kappa shape index (κ3) is 6.51. The Morgan fingerprint density at radius 2 is 1.71 bits per heavy atom. The van der Waals surface area contributed by atoms with Gasteiger partial charge < -0.3 is 10.1 Å². The molecule has 218 valence electrons. The topological polar surface area (TPSA) is 82.1 Å². The first kappa shape index (κ1) is 28.4. The van der Waals surface area contributed by atoms with Gasteiger partial charge in [0, 0.05) is 18.5 Å². The number of carbonyl (C=O) groups excluding carboxylic acids is 1. The van der Waals surface area contributed by atoms with Crippen LogP contribution in [0, 0.1) is 0 Å². The zero-order valence-corrected chi connectivity index (χ0v) is 24.5. The summed E-state index contributed by atoms with van der Waals surface area (Å²) in [6.45, 7) is 3.66. The Morgan fingerprint density at radius 3 is 2.50 bits per heavy atom. The molecule has 2 N–H and O–H groups in total. The van der Waals surface area contributed by atoms with E-state index in [1.807, 2.05) is 78.9 Å². The summed E-state index contributed by atoms with van der Waals surface area (Å²) in [5.41, 5.74) is 3.59. The second-order valence-electron chi connectivity index (χ2n) is 11.2. The summed E-state index contributed by atoms with van der Waals surface area (Å²) in [7, 11) is 0. The highest BCUT2D eigenvalue weighted by Crippen LogP contribution is 2.36. The SMILES string of the molecule is O=C(CC(c1ccccc1)N(c1ccc2ccccc2c1)S(=O)O)NC1CCOc2ccc(CN3CCCCC3)cc21. The number of nitrogens with zero attached hydrogens (tertiary/aromatic N) is 2. The molecule has 2 aliphatic rings. The number of nitrogens with one attached hydrogen (secondary N) is 1. The van der Waals surface area contributed by atoms with Gasteiger partial charge in [0.2, 0.25) is 5.91 Å². The molecular formula is C34H37N3O4S. The van der Waals surface area contributed by atoms with E-state index < -0.39 is 17.3 Å². The fourth-order valence-electron chi connectivity index (χ4n) is 6.20. The van der Waals surface area contributed by atoms with Gasteiger partial charge in [-0.15, -0.1) is 0 Å². The van der Waals surface area contributed by atoms with E-state index in [-0.39, 0.29) is 18.4 Å². The Labute approximate surface area is 249 Å². The van der Waals surface area contributed by atoms with Crippen molar-refractivity contribution in [2.75, 3.05) is 24.0 Å². The molecule has 2 aliphatic heterocycles. The van der Waals surface area contributed by atoms with Crippen LogP contribution in [0.2, 0.25) is 0 Å². The van der Waals surface area contributed by atoms with Gasteiger partial charge in [0.1, 0.15) is 5.75 Å². The van der Waals surface area contributed by atoms with Gasteiger partial charge in [0.25, 0.3) is 11.3 Å². The summed E-state index contributed by atoms with van der Waals surface area (Å²) in [6, 6.07) is 28.5. The molecule has 6 rings (SSSR count). The second-order valence-corrected chi connectivity index (χ2v) is 12.0. The van der Waals surface area contributed by atoms with Crippen molar-refractivity contribution in [1.29, 1.82) is 0 Å². The normalized spacial score (nSPS) is 18.5. The van der Waals surface area contributed by atoms with E-state index in [2.05, 4.69) is 22.3 Å². The molecule has 4 aromatic rings. The lowest BCUT2D eigenvalue weighted by atomic mass is 9.96. The third-order valence-electron chi connectivity index (χ3n) is 8.31. The number of amides is 1. The van der Waals surface area contributed by atoms with Crippen LogP contribution in [0.3, 0.4) is 0 Å². The summed E-state index contributed by atoms with van der Waals surface area (Å²) >= 11 is -2.37. The van der Waals surface area contributed by atoms with Crippen molar-refractivity contribution in [2.24, 2.45) is 0 Å². The highest BCUT2D eigenvalue weighted by atomic mass is 32.2. The maximum Gasteiger partial charge on any atom is 0.262 e. The van der Waals surface area contributed by atoms with E-state index in [9.17, 15) is 13.6 Å². The molecule has 1 saturated heterocycles. The van der Waals surface area contributed by atoms with Gasteiger partial charge >= 0.3 is 0 Å². The minimum absolute atomic E-state index is 0.0172. The summed E-state index contributed by atoms with van der Waals surface area (Å²) in [5.74, 6) is 0.627. The molecule has 42 heavy (non-hydrogen) atoms. The van der Waals surface area contributed by atoms with Crippen molar-refractivity contribution >= 4 is 33.6 Å². The molecular weight excluding hydrogens is 546 g/mol. The zero-order chi connectivity index (χ0) is 28.9. The van der Waals surface area contributed by atoms with E-state index in [1.165, 1.54) is 29.1 Å². The molecule has 4 aromatic carbocycles. The Kier molecular flexibility index (Phi) is 8.84. The quantitative estimate of drug-likeness (QED) is 0.219. The van der Waals surface area contributed by atoms with Crippen LogP contribution in [0.25, 0.3) is 10.8 Å². The molecule has 3 unspecified atom stereocenters. The van der Waals surface area contributed by atoms with Gasteiger partial charge in [-0.3, -0.25) is 18.6 Å². The van der Waals surface area contributed by atoms with E-state index in [0.29, 0.717) is 18.7 Å². The van der Waals surface area contributed by atoms with Crippen molar-refractivity contribution in [3.8, 4) is 5.75 Å². The summed E-state index contributed by atoms with van der Waals surface area (Å²) in [6.07, 6.45) is 4.47. The zero-order valence-electron chi connectivity index (χ0n) is 23.7. The van der Waals surface area contributed by atoms with Crippen LogP contribution in [0.15, 0.2) is 91.0 Å². The fourth-order valence-corrected chi connectivity index (χ4v) is 6.91. The number of hydrogen-bond acceptors (Lipinski definition) is 4. The first-order valence-electron chi connectivity index (χ1n) is 14.8. The highest BCUT2D eigenvalue weighted by molar-refractivity contribution is 7.80. The first-order chi connectivity index (χ1) is 20.5. The molecule has 0 radical (unpaired) electrons. The first-order valence-corrected chi connectivity index (χ1v) is 15.8. The molecule has 7 nitrogen and oxygen atoms in total. The Bertz CT molecular complexity index is 1560. The second kappa shape index (κ2) is 13.1. The van der Waals surface area contributed by atoms with Gasteiger partial charge in [0.05, 0.1) is 30.8 Å². The number of anilines is 1. The molecule has 0 bridgehead atoms. The third-order valence-corrected chi connectivity index (χ3v) is 9.11. The number of piperidine rings is 1. The van der Waals surface area contributed by atoms with E-state index in [4.69, 9.17) is 4.74 Å². The number of carbonyl (C=O) groups is 1. The smallest absolute Gasteiger partial charge is 0.262 e. The Hall–Kier alpha value is -3.72. The summed E-state index contributed by atoms with van der Waals surface area (Å²) in [4.78, 5) is 16.2. The van der Waals surface area contributed by atoms with Crippen LogP contribution in [0.1, 0.15) is 60.9 Å². The molecule has 1 fully saturated rings. The van der Waals surface area contributed by atoms with Crippen LogP contribution in [-0.4, -0.2) is 39.3 Å². The van der Waals surface area contributed by atoms with Crippen LogP contribution in [0.4, 0.5) is 5.69 Å². The van der Waals surface area contributed by atoms with E-state index >= 15 is 0 Å². The lowest BCUT2D eigenvalue weighted by Crippen LogP contribution is -2.37. The molecule has 3 atom stereocenters. The Morgan fingerprint density at radius 1 is 0.952 bits per heavy atom. The highest BCUT2D eigenvalue weighted by Gasteiger charge is 2.30. The summed E-state index contributed by atoms with van der Waals surface area (Å²) in [5, 5.41) is 5.24. The molecule has 8 heteroatoms. The fraction of sp³-hybridized carbons (Fsp3) is 0.324. The molecule has 0 aromatic heterocycles. The van der Waals surface area contributed by atoms with Crippen LogP contribution in [-0.2, 0) is 22.6 Å². The number of hydrogen-bond donors (Lipinski definition) is 2. The monoisotopic (exact) mass is 583 g/mol. The predicted octanol–water partition coefficient (Wildman–Crippen LogP) is 6.54. The van der Waals surface area contributed by atoms with Crippen LogP contribution < -0.4 is 14.4 Å². The van der Waals surface area contributed by atoms with Gasteiger partial charge in [-0.05, 0) is 72.1 Å². The maximum atomic E-state index is 13.7. The van der Waals surface area contributed by atoms with Crippen molar-refractivity contribution in [3.05, 3.63) is 108 Å². The lowest BCUT2D eigenvalue weighted by Gasteiger charge is -2.32. The average molecular weight is 584 g/mol. The molecule has 0 aliphatic carbocycles. The molecule has 2 heterocycles. The van der Waals surface area contributed by atoms with Crippen molar-refractivity contribution < 1.29 is 18.3 Å². The standard InChI is InChI=1S/C34H37N3O4S/c38-34(35-31-17-20-41-33-16-13-25(21-30(31)33)24-36-18-7-2-8-19-36)23-32(27-10-3-1-4-11-27)37(42(39)40)29-15-14-26-9-5-6-12-28(26)22-29/h1,3-6,9-16,21-22,31-32H,2,7-8,17-20,23-24H2,(H,35,38)(H,39,40). The minimum atomic E-state index is -2.37. The Balaban J connectivity index is 1.25. The molecule has 0 spiro atoms. The summed E-state index contributed by atoms with van der Waals surface area (Å²) < 4.78 is 30.8. The predicted molar refractivity (Wildman–Crippen MR) is 168 cm³/mol.